The molecule has 3 heterocycles. The molecule has 1 aromatic heterocycles. The smallest absolute Gasteiger partial charge is 0.319 e. The number of anilines is 1. The molecule has 42 heavy (non-hydrogen) atoms. The first-order valence-electron chi connectivity index (χ1n) is 14.9. The van der Waals surface area contributed by atoms with Crippen LogP contribution in [-0.2, 0) is 11.2 Å². The summed E-state index contributed by atoms with van der Waals surface area (Å²) < 4.78 is 6.27. The van der Waals surface area contributed by atoms with E-state index in [1.54, 1.807) is 4.90 Å². The molecule has 1 saturated carbocycles. The second-order valence-electron chi connectivity index (χ2n) is 12.1. The van der Waals surface area contributed by atoms with Gasteiger partial charge in [-0.1, -0.05) is 36.4 Å². The van der Waals surface area contributed by atoms with E-state index in [9.17, 15) is 4.79 Å². The fraction of sp³-hybridized carbons (Fsp3) is 0.455. The molecule has 7 rings (SSSR count). The van der Waals surface area contributed by atoms with Crippen LogP contribution in [0.15, 0.2) is 43.0 Å². The molecule has 2 aromatic carbocycles. The fourth-order valence-electron chi connectivity index (χ4n) is 7.27. The Hall–Kier alpha value is -3.67. The second kappa shape index (κ2) is 10.9. The van der Waals surface area contributed by atoms with Gasteiger partial charge in [-0.25, -0.2) is 6.57 Å². The van der Waals surface area contributed by atoms with Crippen LogP contribution in [0.4, 0.5) is 5.82 Å². The zero-order valence-corrected chi connectivity index (χ0v) is 24.7. The number of nitrogens with zero attached hydrogens (tertiary/aromatic N) is 6. The highest BCUT2D eigenvalue weighted by Crippen LogP contribution is 2.59. The first kappa shape index (κ1) is 27.2. The minimum atomic E-state index is -0.267. The molecule has 4 aliphatic rings. The van der Waals surface area contributed by atoms with Crippen molar-refractivity contribution in [3.8, 4) is 17.1 Å². The zero-order chi connectivity index (χ0) is 29.0. The van der Waals surface area contributed by atoms with Gasteiger partial charge in [0.05, 0.1) is 5.52 Å². The summed E-state index contributed by atoms with van der Waals surface area (Å²) in [5.74, 6) is 1.99. The number of aromatic nitrogens is 2. The molecule has 3 fully saturated rings. The third-order valence-corrected chi connectivity index (χ3v) is 9.94. The van der Waals surface area contributed by atoms with E-state index in [0.717, 1.165) is 54.0 Å². The molecule has 0 spiro atoms. The van der Waals surface area contributed by atoms with Gasteiger partial charge < -0.3 is 24.3 Å². The number of benzene rings is 2. The second-order valence-corrected chi connectivity index (χ2v) is 12.5. The van der Waals surface area contributed by atoms with E-state index >= 15 is 0 Å². The average Bonchev–Trinajstić information content (AvgIpc) is 3.47. The highest BCUT2D eigenvalue weighted by Gasteiger charge is 2.46. The van der Waals surface area contributed by atoms with Gasteiger partial charge in [-0.15, -0.1) is 0 Å². The molecule has 4 atom stereocenters. The number of carbonyl (C=O) groups is 1. The maximum Gasteiger partial charge on any atom is 0.319 e. The van der Waals surface area contributed by atoms with E-state index in [0.29, 0.717) is 49.2 Å². The predicted octanol–water partition coefficient (Wildman–Crippen LogP) is 5.21. The topological polar surface area (TPSA) is 66.2 Å². The van der Waals surface area contributed by atoms with Gasteiger partial charge in [-0.05, 0) is 86.0 Å². The van der Waals surface area contributed by atoms with Crippen molar-refractivity contribution in [3.05, 3.63) is 70.6 Å². The molecule has 2 aliphatic heterocycles. The standard InChI is InChI=1S/C33H35ClN6O2/c1-4-30(41)40-12-11-39(18-23(40)17-35-2)32-27-15-28(34)26(24-9-5-7-20-13-21-14-25(21)31(20)24)16-29(27)36-33(37-32)42-19-22-8-6-10-38(22)3/h4-5,7,9,15-16,21-23,25H,1,6,8,10-14,17-19H2,3H3/t21?,22-,23-,25?/m0/s1. The molecular formula is C33H35ClN6O2. The van der Waals surface area contributed by atoms with E-state index in [2.05, 4.69) is 52.5 Å². The predicted molar refractivity (Wildman–Crippen MR) is 165 cm³/mol. The normalized spacial score (nSPS) is 24.8. The van der Waals surface area contributed by atoms with Crippen molar-refractivity contribution in [1.82, 2.24) is 19.8 Å². The molecule has 0 bridgehead atoms. The summed E-state index contributed by atoms with van der Waals surface area (Å²) in [6, 6.07) is 11.1. The lowest BCUT2D eigenvalue weighted by Gasteiger charge is -2.39. The van der Waals surface area contributed by atoms with Gasteiger partial charge in [0.1, 0.15) is 18.5 Å². The van der Waals surface area contributed by atoms with Crippen LogP contribution in [0, 0.1) is 12.5 Å². The van der Waals surface area contributed by atoms with Crippen LogP contribution < -0.4 is 9.64 Å². The molecule has 216 valence electrons. The maximum atomic E-state index is 12.5. The Balaban J connectivity index is 1.29. The van der Waals surface area contributed by atoms with Crippen molar-refractivity contribution >= 4 is 34.2 Å². The Morgan fingerprint density at radius 1 is 1.21 bits per heavy atom. The summed E-state index contributed by atoms with van der Waals surface area (Å²) in [7, 11) is 2.13. The lowest BCUT2D eigenvalue weighted by Crippen LogP contribution is -2.56. The molecular weight excluding hydrogens is 548 g/mol. The minimum Gasteiger partial charge on any atom is -0.462 e. The molecule has 1 amide bonds. The summed E-state index contributed by atoms with van der Waals surface area (Å²) in [4.78, 5) is 32.2. The van der Waals surface area contributed by atoms with Gasteiger partial charge in [0.2, 0.25) is 12.5 Å². The molecule has 0 N–H and O–H groups in total. The number of fused-ring (bicyclic) bond motifs is 4. The quantitative estimate of drug-likeness (QED) is 0.282. The number of likely N-dealkylation sites (N-methyl/N-ethyl adjacent to an activating group) is 1. The minimum absolute atomic E-state index is 0.151. The molecule has 2 aliphatic carbocycles. The number of amides is 1. The van der Waals surface area contributed by atoms with Crippen LogP contribution >= 0.6 is 11.6 Å². The molecule has 3 aromatic rings. The Kier molecular flexibility index (Phi) is 7.03. The van der Waals surface area contributed by atoms with E-state index in [4.69, 9.17) is 32.9 Å². The first-order chi connectivity index (χ1) is 20.4. The SMILES string of the molecule is [C-]#[N+]C[C@H]1CN(c2nc(OC[C@@H]3CCCN3C)nc3cc(-c4cccc5c4C4CC4C5)c(Cl)cc23)CCN1C(=O)C=C. The van der Waals surface area contributed by atoms with Gasteiger partial charge >= 0.3 is 6.01 Å². The Morgan fingerprint density at radius 3 is 2.88 bits per heavy atom. The van der Waals surface area contributed by atoms with E-state index in [1.165, 1.54) is 29.2 Å². The van der Waals surface area contributed by atoms with Crippen LogP contribution in [0.2, 0.25) is 5.02 Å². The third kappa shape index (κ3) is 4.79. The lowest BCUT2D eigenvalue weighted by atomic mass is 9.93. The average molecular weight is 583 g/mol. The van der Waals surface area contributed by atoms with Gasteiger partial charge in [0.15, 0.2) is 0 Å². The summed E-state index contributed by atoms with van der Waals surface area (Å²) in [5.41, 5.74) is 5.86. The van der Waals surface area contributed by atoms with E-state index in [1.807, 2.05) is 6.07 Å². The van der Waals surface area contributed by atoms with E-state index in [-0.39, 0.29) is 18.5 Å². The Bertz CT molecular complexity index is 1620. The molecule has 2 saturated heterocycles. The number of halogens is 1. The number of hydrogen-bond donors (Lipinski definition) is 0. The van der Waals surface area contributed by atoms with Gasteiger partial charge in [0, 0.05) is 41.6 Å². The third-order valence-electron chi connectivity index (χ3n) is 9.62. The Morgan fingerprint density at radius 2 is 2.10 bits per heavy atom. The summed E-state index contributed by atoms with van der Waals surface area (Å²) in [6.45, 7) is 14.5. The number of rotatable bonds is 7. The van der Waals surface area contributed by atoms with Crippen LogP contribution in [0.1, 0.15) is 36.3 Å². The van der Waals surface area contributed by atoms with Gasteiger partial charge in [-0.3, -0.25) is 4.79 Å². The van der Waals surface area contributed by atoms with Crippen molar-refractivity contribution < 1.29 is 9.53 Å². The number of piperazine rings is 1. The first-order valence-corrected chi connectivity index (χ1v) is 15.3. The van der Waals surface area contributed by atoms with Gasteiger partial charge in [-0.2, -0.15) is 9.97 Å². The van der Waals surface area contributed by atoms with Crippen LogP contribution in [0.25, 0.3) is 26.9 Å². The monoisotopic (exact) mass is 582 g/mol. The molecule has 0 radical (unpaired) electrons. The highest BCUT2D eigenvalue weighted by molar-refractivity contribution is 6.34. The van der Waals surface area contributed by atoms with Crippen LogP contribution in [-0.4, -0.2) is 84.1 Å². The van der Waals surface area contributed by atoms with Crippen molar-refractivity contribution in [2.75, 3.05) is 51.3 Å². The van der Waals surface area contributed by atoms with Crippen molar-refractivity contribution in [2.45, 2.75) is 43.7 Å². The fourth-order valence-corrected chi connectivity index (χ4v) is 7.54. The van der Waals surface area contributed by atoms with Crippen molar-refractivity contribution in [1.29, 1.82) is 0 Å². The number of carbonyl (C=O) groups excluding carboxylic acids is 1. The van der Waals surface area contributed by atoms with Crippen LogP contribution in [0.5, 0.6) is 6.01 Å². The van der Waals surface area contributed by atoms with Crippen molar-refractivity contribution in [2.24, 2.45) is 5.92 Å². The molecule has 2 unspecified atom stereocenters. The van der Waals surface area contributed by atoms with Gasteiger partial charge in [0.25, 0.3) is 0 Å². The summed E-state index contributed by atoms with van der Waals surface area (Å²) in [6.07, 6.45) is 6.00. The number of ether oxygens (including phenoxy) is 1. The molecule has 8 nitrogen and oxygen atoms in total. The largest absolute Gasteiger partial charge is 0.462 e. The van der Waals surface area contributed by atoms with Crippen molar-refractivity contribution in [3.63, 3.8) is 0 Å². The number of hydrogen-bond acceptors (Lipinski definition) is 6. The number of likely N-dealkylation sites (tertiary alicyclic amines) is 1. The molecule has 9 heteroatoms. The highest BCUT2D eigenvalue weighted by atomic mass is 35.5. The van der Waals surface area contributed by atoms with E-state index < -0.39 is 0 Å². The zero-order valence-electron chi connectivity index (χ0n) is 23.9. The lowest BCUT2D eigenvalue weighted by molar-refractivity contribution is -0.128. The summed E-state index contributed by atoms with van der Waals surface area (Å²) >= 11 is 7.06. The summed E-state index contributed by atoms with van der Waals surface area (Å²) in [5, 5.41) is 1.51. The van der Waals surface area contributed by atoms with Crippen LogP contribution in [0.3, 0.4) is 0 Å². The maximum absolute atomic E-state index is 12.5. The Labute approximate surface area is 251 Å².